The van der Waals surface area contributed by atoms with Gasteiger partial charge in [-0.25, -0.2) is 13.5 Å². The average molecular weight is 372 g/mol. The Bertz CT molecular complexity index is 687. The Morgan fingerprint density at radius 3 is 2.72 bits per heavy atom. The van der Waals surface area contributed by atoms with Crippen molar-refractivity contribution in [3.05, 3.63) is 47.2 Å². The van der Waals surface area contributed by atoms with Gasteiger partial charge in [-0.1, -0.05) is 12.8 Å². The predicted octanol–water partition coefficient (Wildman–Crippen LogP) is 4.07. The molecule has 3 rings (SSSR count). The number of rotatable bonds is 7. The molecule has 1 aliphatic carbocycles. The fraction of sp³-hybridized carbons (Fsp3) is 0.500. The SMILES string of the molecule is CNCc1cc(OCc2cc(F)ccc2F)n(CC2CCCC2)n1.Cl. The van der Waals surface area contributed by atoms with Crippen molar-refractivity contribution in [3.63, 3.8) is 0 Å². The molecule has 1 saturated carbocycles. The average Bonchev–Trinajstić information content (AvgIpc) is 3.19. The molecule has 1 heterocycles. The number of nitrogens with zero attached hydrogens (tertiary/aromatic N) is 2. The van der Waals surface area contributed by atoms with E-state index in [0.717, 1.165) is 24.4 Å². The minimum atomic E-state index is -0.467. The summed E-state index contributed by atoms with van der Waals surface area (Å²) in [5.41, 5.74) is 1.09. The lowest BCUT2D eigenvalue weighted by atomic mass is 10.1. The molecular weight excluding hydrogens is 348 g/mol. The van der Waals surface area contributed by atoms with E-state index in [1.165, 1.54) is 31.7 Å². The first-order valence-electron chi connectivity index (χ1n) is 8.43. The lowest BCUT2D eigenvalue weighted by molar-refractivity contribution is 0.257. The zero-order valence-electron chi connectivity index (χ0n) is 14.3. The van der Waals surface area contributed by atoms with Crippen LogP contribution in [0.5, 0.6) is 5.88 Å². The Balaban J connectivity index is 0.00000225. The molecule has 1 fully saturated rings. The summed E-state index contributed by atoms with van der Waals surface area (Å²) in [6.07, 6.45) is 4.94. The molecular formula is C18H24ClF2N3O. The van der Waals surface area contributed by atoms with E-state index < -0.39 is 11.6 Å². The Hall–Kier alpha value is -1.66. The standard InChI is InChI=1S/C18H23F2N3O.ClH/c1-21-10-16-9-18(23(22-16)11-13-4-2-3-5-13)24-12-14-8-15(19)6-7-17(14)20;/h6-9,13,21H,2-5,10-12H2,1H3;1H. The van der Waals surface area contributed by atoms with Gasteiger partial charge in [-0.15, -0.1) is 12.4 Å². The third-order valence-corrected chi connectivity index (χ3v) is 4.44. The van der Waals surface area contributed by atoms with Gasteiger partial charge in [-0.05, 0) is 44.0 Å². The summed E-state index contributed by atoms with van der Waals surface area (Å²) in [6.45, 7) is 1.44. The van der Waals surface area contributed by atoms with Crippen molar-refractivity contribution in [1.29, 1.82) is 0 Å². The third kappa shape index (κ3) is 5.16. The molecule has 0 amide bonds. The van der Waals surface area contributed by atoms with Crippen LogP contribution in [0.2, 0.25) is 0 Å². The van der Waals surface area contributed by atoms with E-state index in [2.05, 4.69) is 10.4 Å². The smallest absolute Gasteiger partial charge is 0.212 e. The van der Waals surface area contributed by atoms with Crippen LogP contribution in [0.3, 0.4) is 0 Å². The molecule has 1 N–H and O–H groups in total. The topological polar surface area (TPSA) is 39.1 Å². The maximum Gasteiger partial charge on any atom is 0.212 e. The number of hydrogen-bond acceptors (Lipinski definition) is 3. The summed E-state index contributed by atoms with van der Waals surface area (Å²) in [6, 6.07) is 5.26. The number of benzene rings is 1. The lowest BCUT2D eigenvalue weighted by Gasteiger charge is -2.13. The lowest BCUT2D eigenvalue weighted by Crippen LogP contribution is -2.12. The number of ether oxygens (including phenoxy) is 1. The van der Waals surface area contributed by atoms with Gasteiger partial charge in [0.2, 0.25) is 5.88 Å². The van der Waals surface area contributed by atoms with Crippen molar-refractivity contribution in [2.75, 3.05) is 7.05 Å². The van der Waals surface area contributed by atoms with Gasteiger partial charge in [0.25, 0.3) is 0 Å². The van der Waals surface area contributed by atoms with Crippen LogP contribution in [0.15, 0.2) is 24.3 Å². The molecule has 1 aliphatic rings. The van der Waals surface area contributed by atoms with Gasteiger partial charge in [-0.3, -0.25) is 0 Å². The molecule has 1 aromatic carbocycles. The molecule has 0 unspecified atom stereocenters. The predicted molar refractivity (Wildman–Crippen MR) is 94.9 cm³/mol. The summed E-state index contributed by atoms with van der Waals surface area (Å²) in [5.74, 6) is 0.287. The maximum absolute atomic E-state index is 13.7. The molecule has 0 radical (unpaired) electrons. The summed E-state index contributed by atoms with van der Waals surface area (Å²) in [4.78, 5) is 0. The molecule has 1 aromatic heterocycles. The van der Waals surface area contributed by atoms with Crippen molar-refractivity contribution < 1.29 is 13.5 Å². The molecule has 2 aromatic rings. The van der Waals surface area contributed by atoms with Gasteiger partial charge < -0.3 is 10.1 Å². The van der Waals surface area contributed by atoms with Gasteiger partial charge in [0, 0.05) is 24.7 Å². The second kappa shape index (κ2) is 9.15. The first kappa shape index (κ1) is 19.7. The summed E-state index contributed by atoms with van der Waals surface area (Å²) < 4.78 is 34.6. The van der Waals surface area contributed by atoms with Crippen LogP contribution in [0.25, 0.3) is 0 Å². The van der Waals surface area contributed by atoms with E-state index in [1.54, 1.807) is 0 Å². The van der Waals surface area contributed by atoms with Crippen molar-refractivity contribution in [2.24, 2.45) is 5.92 Å². The van der Waals surface area contributed by atoms with Gasteiger partial charge in [0.05, 0.1) is 5.69 Å². The maximum atomic E-state index is 13.7. The normalized spacial score (nSPS) is 14.5. The van der Waals surface area contributed by atoms with E-state index >= 15 is 0 Å². The number of halogens is 3. The highest BCUT2D eigenvalue weighted by molar-refractivity contribution is 5.85. The Morgan fingerprint density at radius 1 is 1.24 bits per heavy atom. The fourth-order valence-corrected chi connectivity index (χ4v) is 3.21. The van der Waals surface area contributed by atoms with Crippen LogP contribution >= 0.6 is 12.4 Å². The Morgan fingerprint density at radius 2 is 2.00 bits per heavy atom. The van der Waals surface area contributed by atoms with Crippen molar-refractivity contribution in [3.8, 4) is 5.88 Å². The highest BCUT2D eigenvalue weighted by Gasteiger charge is 2.19. The highest BCUT2D eigenvalue weighted by Crippen LogP contribution is 2.28. The van der Waals surface area contributed by atoms with Crippen molar-refractivity contribution in [2.45, 2.75) is 45.4 Å². The molecule has 0 aliphatic heterocycles. The minimum Gasteiger partial charge on any atom is -0.473 e. The van der Waals surface area contributed by atoms with E-state index in [4.69, 9.17) is 4.74 Å². The largest absolute Gasteiger partial charge is 0.473 e. The molecule has 4 nitrogen and oxygen atoms in total. The molecule has 0 atom stereocenters. The van der Waals surface area contributed by atoms with Gasteiger partial charge in [0.15, 0.2) is 0 Å². The van der Waals surface area contributed by atoms with E-state index in [9.17, 15) is 8.78 Å². The second-order valence-electron chi connectivity index (χ2n) is 6.36. The van der Waals surface area contributed by atoms with Gasteiger partial charge in [-0.2, -0.15) is 5.10 Å². The van der Waals surface area contributed by atoms with E-state index in [1.807, 2.05) is 17.8 Å². The van der Waals surface area contributed by atoms with Crippen LogP contribution in [-0.2, 0) is 19.7 Å². The highest BCUT2D eigenvalue weighted by atomic mass is 35.5. The summed E-state index contributed by atoms with van der Waals surface area (Å²) in [5, 5.41) is 7.64. The molecule has 0 bridgehead atoms. The molecule has 0 saturated heterocycles. The quantitative estimate of drug-likeness (QED) is 0.797. The van der Waals surface area contributed by atoms with E-state index in [-0.39, 0.29) is 24.6 Å². The van der Waals surface area contributed by atoms with Gasteiger partial charge in [0.1, 0.15) is 18.2 Å². The van der Waals surface area contributed by atoms with Crippen LogP contribution in [0.4, 0.5) is 8.78 Å². The van der Waals surface area contributed by atoms with Crippen LogP contribution in [0.1, 0.15) is 36.9 Å². The van der Waals surface area contributed by atoms with Crippen LogP contribution < -0.4 is 10.1 Å². The Labute approximate surface area is 153 Å². The first-order chi connectivity index (χ1) is 11.7. The Kier molecular flexibility index (Phi) is 7.20. The summed E-state index contributed by atoms with van der Waals surface area (Å²) >= 11 is 0. The monoisotopic (exact) mass is 371 g/mol. The second-order valence-corrected chi connectivity index (χ2v) is 6.36. The number of hydrogen-bond donors (Lipinski definition) is 1. The van der Waals surface area contributed by atoms with E-state index in [0.29, 0.717) is 18.3 Å². The minimum absolute atomic E-state index is 0. The summed E-state index contributed by atoms with van der Waals surface area (Å²) in [7, 11) is 1.86. The number of aromatic nitrogens is 2. The first-order valence-corrected chi connectivity index (χ1v) is 8.43. The molecule has 7 heteroatoms. The molecule has 0 spiro atoms. The zero-order chi connectivity index (χ0) is 16.9. The van der Waals surface area contributed by atoms with Crippen molar-refractivity contribution in [1.82, 2.24) is 15.1 Å². The fourth-order valence-electron chi connectivity index (χ4n) is 3.21. The third-order valence-electron chi connectivity index (χ3n) is 4.44. The number of nitrogens with one attached hydrogen (secondary N) is 1. The van der Waals surface area contributed by atoms with Crippen LogP contribution in [0, 0.1) is 17.6 Å². The molecule has 25 heavy (non-hydrogen) atoms. The zero-order valence-corrected chi connectivity index (χ0v) is 15.1. The van der Waals surface area contributed by atoms with Crippen LogP contribution in [-0.4, -0.2) is 16.8 Å². The van der Waals surface area contributed by atoms with Crippen molar-refractivity contribution >= 4 is 12.4 Å². The molecule has 138 valence electrons. The van der Waals surface area contributed by atoms with Gasteiger partial charge >= 0.3 is 0 Å².